The number of benzene rings is 1. The molecule has 1 aromatic carbocycles. The van der Waals surface area contributed by atoms with Gasteiger partial charge in [0.15, 0.2) is 0 Å². The fourth-order valence-corrected chi connectivity index (χ4v) is 1.96. The molecule has 0 saturated heterocycles. The Balaban J connectivity index is 1.93. The van der Waals surface area contributed by atoms with E-state index in [9.17, 15) is 4.79 Å². The van der Waals surface area contributed by atoms with Crippen LogP contribution in [-0.4, -0.2) is 18.4 Å². The van der Waals surface area contributed by atoms with Crippen molar-refractivity contribution in [1.29, 1.82) is 0 Å². The Morgan fingerprint density at radius 1 is 1.53 bits per heavy atom. The van der Waals surface area contributed by atoms with Gasteiger partial charge in [0.2, 0.25) is 0 Å². The fraction of sp³-hybridized carbons (Fsp3) is 0.364. The van der Waals surface area contributed by atoms with Crippen LogP contribution in [0.1, 0.15) is 12.8 Å². The molecule has 0 atom stereocenters. The van der Waals surface area contributed by atoms with Gasteiger partial charge in [-0.05, 0) is 42.8 Å². The summed E-state index contributed by atoms with van der Waals surface area (Å²) in [4.78, 5) is 12.4. The zero-order chi connectivity index (χ0) is 10.7. The van der Waals surface area contributed by atoms with Crippen molar-refractivity contribution in [3.8, 4) is 5.75 Å². The van der Waals surface area contributed by atoms with Crippen molar-refractivity contribution in [2.75, 3.05) is 7.11 Å². The Hall–Kier alpha value is -1.16. The number of rotatable bonds is 3. The molecule has 0 radical (unpaired) electrons. The zero-order valence-electron chi connectivity index (χ0n) is 8.53. The third-order valence-electron chi connectivity index (χ3n) is 2.15. The number of hydrogen-bond acceptors (Lipinski definition) is 3. The lowest BCUT2D eigenvalue weighted by Crippen LogP contribution is -2.20. The van der Waals surface area contributed by atoms with Gasteiger partial charge in [0.1, 0.15) is 5.75 Å². The van der Waals surface area contributed by atoms with E-state index in [0.29, 0.717) is 6.04 Å². The molecule has 1 N–H and O–H groups in total. The van der Waals surface area contributed by atoms with Gasteiger partial charge in [-0.2, -0.15) is 0 Å². The van der Waals surface area contributed by atoms with Crippen LogP contribution in [-0.2, 0) is 0 Å². The molecule has 0 bridgehead atoms. The Kier molecular flexibility index (Phi) is 3.16. The highest BCUT2D eigenvalue weighted by Gasteiger charge is 2.23. The van der Waals surface area contributed by atoms with Crippen LogP contribution in [0.3, 0.4) is 0 Å². The normalized spacial score (nSPS) is 14.7. The van der Waals surface area contributed by atoms with E-state index in [2.05, 4.69) is 5.32 Å². The summed E-state index contributed by atoms with van der Waals surface area (Å²) >= 11 is 1.21. The maximum absolute atomic E-state index is 11.5. The lowest BCUT2D eigenvalue weighted by molar-refractivity contribution is 0.260. The number of nitrogens with one attached hydrogen (secondary N) is 1. The molecule has 1 amide bonds. The van der Waals surface area contributed by atoms with Crippen molar-refractivity contribution in [2.24, 2.45) is 0 Å². The average molecular weight is 223 g/mol. The van der Waals surface area contributed by atoms with Gasteiger partial charge in [-0.1, -0.05) is 6.07 Å². The average Bonchev–Trinajstić information content (AvgIpc) is 3.02. The molecule has 1 fully saturated rings. The van der Waals surface area contributed by atoms with Crippen LogP contribution >= 0.6 is 11.8 Å². The van der Waals surface area contributed by atoms with Crippen LogP contribution in [0, 0.1) is 0 Å². The summed E-state index contributed by atoms with van der Waals surface area (Å²) in [6.07, 6.45) is 2.23. The Morgan fingerprint density at radius 3 is 3.00 bits per heavy atom. The predicted octanol–water partition coefficient (Wildman–Crippen LogP) is 2.66. The highest BCUT2D eigenvalue weighted by atomic mass is 32.2. The predicted molar refractivity (Wildman–Crippen MR) is 60.4 cm³/mol. The second-order valence-electron chi connectivity index (χ2n) is 3.49. The Morgan fingerprint density at radius 2 is 2.33 bits per heavy atom. The Bertz CT molecular complexity index is 363. The third-order valence-corrected chi connectivity index (χ3v) is 2.94. The van der Waals surface area contributed by atoms with Crippen LogP contribution < -0.4 is 10.1 Å². The molecule has 80 valence electrons. The van der Waals surface area contributed by atoms with Crippen LogP contribution in [0.15, 0.2) is 29.2 Å². The second-order valence-corrected chi connectivity index (χ2v) is 4.53. The SMILES string of the molecule is COc1cccc(SC(=O)NC2CC2)c1. The second kappa shape index (κ2) is 4.57. The number of carbonyl (C=O) groups excluding carboxylic acids is 1. The highest BCUT2D eigenvalue weighted by Crippen LogP contribution is 2.25. The van der Waals surface area contributed by atoms with Crippen molar-refractivity contribution >= 4 is 17.0 Å². The maximum Gasteiger partial charge on any atom is 0.284 e. The van der Waals surface area contributed by atoms with Crippen molar-refractivity contribution in [2.45, 2.75) is 23.8 Å². The van der Waals surface area contributed by atoms with Gasteiger partial charge >= 0.3 is 0 Å². The molecule has 15 heavy (non-hydrogen) atoms. The van der Waals surface area contributed by atoms with Crippen LogP contribution in [0.2, 0.25) is 0 Å². The first-order chi connectivity index (χ1) is 7.28. The van der Waals surface area contributed by atoms with Crippen molar-refractivity contribution in [3.05, 3.63) is 24.3 Å². The quantitative estimate of drug-likeness (QED) is 0.801. The van der Waals surface area contributed by atoms with E-state index in [1.165, 1.54) is 11.8 Å². The number of amides is 1. The first-order valence-corrected chi connectivity index (χ1v) is 5.72. The molecule has 1 aliphatic rings. The fourth-order valence-electron chi connectivity index (χ4n) is 1.20. The smallest absolute Gasteiger partial charge is 0.284 e. The van der Waals surface area contributed by atoms with E-state index in [1.54, 1.807) is 7.11 Å². The topological polar surface area (TPSA) is 38.3 Å². The summed E-state index contributed by atoms with van der Waals surface area (Å²) in [6.45, 7) is 0. The summed E-state index contributed by atoms with van der Waals surface area (Å²) in [5.74, 6) is 0.777. The monoisotopic (exact) mass is 223 g/mol. The summed E-state index contributed by atoms with van der Waals surface area (Å²) in [6, 6.07) is 7.92. The molecule has 1 saturated carbocycles. The minimum absolute atomic E-state index is 0.0192. The summed E-state index contributed by atoms with van der Waals surface area (Å²) in [7, 11) is 1.62. The van der Waals surface area contributed by atoms with Crippen LogP contribution in [0.25, 0.3) is 0 Å². The van der Waals surface area contributed by atoms with Crippen molar-refractivity contribution in [3.63, 3.8) is 0 Å². The maximum atomic E-state index is 11.5. The van der Waals surface area contributed by atoms with Gasteiger partial charge in [-0.3, -0.25) is 4.79 Å². The largest absolute Gasteiger partial charge is 0.497 e. The molecule has 1 aliphatic carbocycles. The summed E-state index contributed by atoms with van der Waals surface area (Å²) in [5, 5.41) is 2.94. The van der Waals surface area contributed by atoms with E-state index in [-0.39, 0.29) is 5.24 Å². The first kappa shape index (κ1) is 10.4. The van der Waals surface area contributed by atoms with E-state index in [4.69, 9.17) is 4.74 Å². The number of hydrogen-bond donors (Lipinski definition) is 1. The molecule has 0 heterocycles. The molecule has 3 nitrogen and oxygen atoms in total. The molecule has 4 heteroatoms. The molecule has 1 aromatic rings. The summed E-state index contributed by atoms with van der Waals surface area (Å²) < 4.78 is 5.08. The van der Waals surface area contributed by atoms with Gasteiger partial charge in [0, 0.05) is 10.9 Å². The van der Waals surface area contributed by atoms with Gasteiger partial charge in [-0.25, -0.2) is 0 Å². The van der Waals surface area contributed by atoms with E-state index in [1.807, 2.05) is 24.3 Å². The number of thioether (sulfide) groups is 1. The summed E-state index contributed by atoms with van der Waals surface area (Å²) in [5.41, 5.74) is 0. The van der Waals surface area contributed by atoms with Gasteiger partial charge < -0.3 is 10.1 Å². The van der Waals surface area contributed by atoms with Crippen molar-refractivity contribution in [1.82, 2.24) is 5.32 Å². The lowest BCUT2D eigenvalue weighted by Gasteiger charge is -2.04. The molecule has 0 aromatic heterocycles. The molecule has 2 rings (SSSR count). The van der Waals surface area contributed by atoms with Crippen molar-refractivity contribution < 1.29 is 9.53 Å². The number of methoxy groups -OCH3 is 1. The zero-order valence-corrected chi connectivity index (χ0v) is 9.34. The number of ether oxygens (including phenoxy) is 1. The molecule has 0 unspecified atom stereocenters. The standard InChI is InChI=1S/C11H13NO2S/c1-14-9-3-2-4-10(7-9)15-11(13)12-8-5-6-8/h2-4,7-8H,5-6H2,1H3,(H,12,13). The minimum Gasteiger partial charge on any atom is -0.497 e. The highest BCUT2D eigenvalue weighted by molar-refractivity contribution is 8.13. The molecule has 0 spiro atoms. The van der Waals surface area contributed by atoms with E-state index < -0.39 is 0 Å². The number of carbonyl (C=O) groups is 1. The van der Waals surface area contributed by atoms with Crippen LogP contribution in [0.5, 0.6) is 5.75 Å². The molecular weight excluding hydrogens is 210 g/mol. The molecular formula is C11H13NO2S. The van der Waals surface area contributed by atoms with E-state index >= 15 is 0 Å². The first-order valence-electron chi connectivity index (χ1n) is 4.90. The van der Waals surface area contributed by atoms with Crippen LogP contribution in [0.4, 0.5) is 4.79 Å². The van der Waals surface area contributed by atoms with Gasteiger partial charge in [0.05, 0.1) is 7.11 Å². The minimum atomic E-state index is 0.0192. The third kappa shape index (κ3) is 3.16. The lowest BCUT2D eigenvalue weighted by atomic mass is 10.3. The molecule has 0 aliphatic heterocycles. The van der Waals surface area contributed by atoms with E-state index in [0.717, 1.165) is 23.5 Å². The Labute approximate surface area is 93.2 Å². The van der Waals surface area contributed by atoms with Gasteiger partial charge in [0.25, 0.3) is 5.24 Å². The van der Waals surface area contributed by atoms with Gasteiger partial charge in [-0.15, -0.1) is 0 Å².